The zero-order chi connectivity index (χ0) is 21.7. The Labute approximate surface area is 193 Å². The fraction of sp³-hybridized carbons (Fsp3) is 0.0952. The molecular formula is C21H17BrCl2N2O3S. The molecule has 0 aliphatic heterocycles. The van der Waals surface area contributed by atoms with Gasteiger partial charge in [0, 0.05) is 11.0 Å². The molecule has 30 heavy (non-hydrogen) atoms. The van der Waals surface area contributed by atoms with Crippen molar-refractivity contribution >= 4 is 60.7 Å². The van der Waals surface area contributed by atoms with Crippen LogP contribution in [0.4, 0.5) is 5.69 Å². The SMILES string of the molecule is O=C(CN(Cc1ccccc1)S(=O)(=O)c1ccc(Br)cc1)Nc1cccc(Cl)c1Cl. The molecule has 156 valence electrons. The fourth-order valence-corrected chi connectivity index (χ4v) is 4.72. The van der Waals surface area contributed by atoms with E-state index in [2.05, 4.69) is 21.2 Å². The molecule has 0 fully saturated rings. The highest BCUT2D eigenvalue weighted by Gasteiger charge is 2.27. The van der Waals surface area contributed by atoms with E-state index in [4.69, 9.17) is 23.2 Å². The van der Waals surface area contributed by atoms with Crippen LogP contribution in [-0.4, -0.2) is 25.2 Å². The van der Waals surface area contributed by atoms with Crippen molar-refractivity contribution in [1.29, 1.82) is 0 Å². The summed E-state index contributed by atoms with van der Waals surface area (Å²) in [5, 5.41) is 3.11. The average molecular weight is 528 g/mol. The molecule has 3 aromatic carbocycles. The van der Waals surface area contributed by atoms with Crippen molar-refractivity contribution in [3.05, 3.63) is 92.9 Å². The molecule has 0 bridgehead atoms. The number of nitrogens with one attached hydrogen (secondary N) is 1. The molecule has 0 aliphatic rings. The van der Waals surface area contributed by atoms with Crippen molar-refractivity contribution in [1.82, 2.24) is 4.31 Å². The highest BCUT2D eigenvalue weighted by Crippen LogP contribution is 2.29. The number of anilines is 1. The maximum atomic E-state index is 13.2. The molecule has 0 heterocycles. The van der Waals surface area contributed by atoms with Gasteiger partial charge in [-0.05, 0) is 42.0 Å². The molecule has 5 nitrogen and oxygen atoms in total. The molecule has 0 radical (unpaired) electrons. The van der Waals surface area contributed by atoms with Crippen LogP contribution >= 0.6 is 39.1 Å². The van der Waals surface area contributed by atoms with E-state index in [0.717, 1.165) is 14.3 Å². The van der Waals surface area contributed by atoms with Crippen molar-refractivity contribution < 1.29 is 13.2 Å². The summed E-state index contributed by atoms with van der Waals surface area (Å²) in [5.41, 5.74) is 1.07. The summed E-state index contributed by atoms with van der Waals surface area (Å²) in [7, 11) is -3.93. The average Bonchev–Trinajstić information content (AvgIpc) is 2.72. The number of amides is 1. The van der Waals surface area contributed by atoms with E-state index in [1.54, 1.807) is 42.5 Å². The van der Waals surface area contributed by atoms with E-state index < -0.39 is 22.5 Å². The van der Waals surface area contributed by atoms with Gasteiger partial charge in [0.05, 0.1) is 27.2 Å². The minimum absolute atomic E-state index is 0.0376. The van der Waals surface area contributed by atoms with Crippen molar-refractivity contribution in [3.63, 3.8) is 0 Å². The molecule has 0 aliphatic carbocycles. The minimum Gasteiger partial charge on any atom is -0.324 e. The number of carbonyl (C=O) groups excluding carboxylic acids is 1. The quantitative estimate of drug-likeness (QED) is 0.435. The number of nitrogens with zero attached hydrogens (tertiary/aromatic N) is 1. The Hall–Kier alpha value is -1.90. The molecule has 0 spiro atoms. The van der Waals surface area contributed by atoms with Crippen LogP contribution in [0.3, 0.4) is 0 Å². The second-order valence-corrected chi connectivity index (χ2v) is 10.0. The Kier molecular flexibility index (Phi) is 7.55. The normalized spacial score (nSPS) is 11.5. The van der Waals surface area contributed by atoms with Crippen molar-refractivity contribution in [2.75, 3.05) is 11.9 Å². The molecule has 0 saturated carbocycles. The lowest BCUT2D eigenvalue weighted by Crippen LogP contribution is -2.37. The first-order valence-electron chi connectivity index (χ1n) is 8.81. The monoisotopic (exact) mass is 526 g/mol. The lowest BCUT2D eigenvalue weighted by Gasteiger charge is -2.22. The van der Waals surface area contributed by atoms with Crippen LogP contribution in [0.15, 0.2) is 82.2 Å². The van der Waals surface area contributed by atoms with Crippen molar-refractivity contribution in [2.24, 2.45) is 0 Å². The predicted molar refractivity (Wildman–Crippen MR) is 123 cm³/mol. The number of sulfonamides is 1. The van der Waals surface area contributed by atoms with E-state index in [1.165, 1.54) is 12.1 Å². The Bertz CT molecular complexity index is 1140. The van der Waals surface area contributed by atoms with Gasteiger partial charge in [-0.2, -0.15) is 4.31 Å². The van der Waals surface area contributed by atoms with Gasteiger partial charge in [-0.25, -0.2) is 8.42 Å². The van der Waals surface area contributed by atoms with Gasteiger partial charge in [0.1, 0.15) is 0 Å². The van der Waals surface area contributed by atoms with Gasteiger partial charge >= 0.3 is 0 Å². The van der Waals surface area contributed by atoms with Gasteiger partial charge in [0.15, 0.2) is 0 Å². The third kappa shape index (κ3) is 5.62. The summed E-state index contributed by atoms with van der Waals surface area (Å²) in [4.78, 5) is 12.8. The first kappa shape index (κ1) is 22.8. The van der Waals surface area contributed by atoms with Crippen LogP contribution < -0.4 is 5.32 Å². The number of benzene rings is 3. The van der Waals surface area contributed by atoms with Gasteiger partial charge in [-0.15, -0.1) is 0 Å². The first-order chi connectivity index (χ1) is 14.3. The van der Waals surface area contributed by atoms with E-state index >= 15 is 0 Å². The van der Waals surface area contributed by atoms with Crippen LogP contribution in [-0.2, 0) is 21.4 Å². The van der Waals surface area contributed by atoms with Crippen molar-refractivity contribution in [2.45, 2.75) is 11.4 Å². The summed E-state index contributed by atoms with van der Waals surface area (Å²) in [6.45, 7) is -0.355. The molecule has 0 aromatic heterocycles. The molecule has 3 aromatic rings. The van der Waals surface area contributed by atoms with Crippen LogP contribution in [0, 0.1) is 0 Å². The first-order valence-corrected chi connectivity index (χ1v) is 11.8. The Morgan fingerprint density at radius 3 is 2.27 bits per heavy atom. The Balaban J connectivity index is 1.88. The Morgan fingerprint density at radius 2 is 1.60 bits per heavy atom. The van der Waals surface area contributed by atoms with Gasteiger partial charge < -0.3 is 5.32 Å². The maximum absolute atomic E-state index is 13.2. The summed E-state index contributed by atoms with van der Waals surface area (Å²) < 4.78 is 28.4. The number of hydrogen-bond donors (Lipinski definition) is 1. The number of hydrogen-bond acceptors (Lipinski definition) is 3. The fourth-order valence-electron chi connectivity index (χ4n) is 2.72. The zero-order valence-electron chi connectivity index (χ0n) is 15.6. The predicted octanol–water partition coefficient (Wildman–Crippen LogP) is 5.59. The molecule has 0 unspecified atom stereocenters. The summed E-state index contributed by atoms with van der Waals surface area (Å²) in [5.74, 6) is -0.532. The highest BCUT2D eigenvalue weighted by molar-refractivity contribution is 9.10. The van der Waals surface area contributed by atoms with Gasteiger partial charge in [0.2, 0.25) is 15.9 Å². The highest BCUT2D eigenvalue weighted by atomic mass is 79.9. The van der Waals surface area contributed by atoms with E-state index in [0.29, 0.717) is 5.69 Å². The third-order valence-electron chi connectivity index (χ3n) is 4.20. The van der Waals surface area contributed by atoms with E-state index in [-0.39, 0.29) is 21.5 Å². The van der Waals surface area contributed by atoms with Crippen LogP contribution in [0.1, 0.15) is 5.56 Å². The third-order valence-corrected chi connectivity index (χ3v) is 7.35. The van der Waals surface area contributed by atoms with Crippen LogP contribution in [0.2, 0.25) is 10.0 Å². The van der Waals surface area contributed by atoms with E-state index in [9.17, 15) is 13.2 Å². The van der Waals surface area contributed by atoms with Crippen molar-refractivity contribution in [3.8, 4) is 0 Å². The molecule has 1 N–H and O–H groups in total. The molecule has 0 atom stereocenters. The molecular weight excluding hydrogens is 511 g/mol. The molecule has 0 saturated heterocycles. The minimum atomic E-state index is -3.93. The van der Waals surface area contributed by atoms with E-state index in [1.807, 2.05) is 18.2 Å². The summed E-state index contributed by atoms with van der Waals surface area (Å²) >= 11 is 15.4. The Morgan fingerprint density at radius 1 is 0.933 bits per heavy atom. The number of carbonyl (C=O) groups is 1. The number of halogens is 3. The summed E-state index contributed by atoms with van der Waals surface area (Å²) in [6.07, 6.45) is 0. The maximum Gasteiger partial charge on any atom is 0.243 e. The molecule has 9 heteroatoms. The second kappa shape index (κ2) is 9.94. The van der Waals surface area contributed by atoms with Crippen LogP contribution in [0.5, 0.6) is 0 Å². The van der Waals surface area contributed by atoms with Gasteiger partial charge in [-0.1, -0.05) is 75.5 Å². The topological polar surface area (TPSA) is 66.5 Å². The van der Waals surface area contributed by atoms with Gasteiger partial charge in [0.25, 0.3) is 0 Å². The smallest absolute Gasteiger partial charge is 0.243 e. The zero-order valence-corrected chi connectivity index (χ0v) is 19.5. The largest absolute Gasteiger partial charge is 0.324 e. The second-order valence-electron chi connectivity index (χ2n) is 6.36. The molecule has 3 rings (SSSR count). The lowest BCUT2D eigenvalue weighted by atomic mass is 10.2. The standard InChI is InChI=1S/C21H17BrCl2N2O3S/c22-16-9-11-17(12-10-16)30(28,29)26(13-15-5-2-1-3-6-15)14-20(27)25-19-8-4-7-18(23)21(19)24/h1-12H,13-14H2,(H,25,27). The van der Waals surface area contributed by atoms with Crippen LogP contribution in [0.25, 0.3) is 0 Å². The lowest BCUT2D eigenvalue weighted by molar-refractivity contribution is -0.116. The number of rotatable bonds is 7. The summed E-state index contributed by atoms with van der Waals surface area (Å²) in [6, 6.07) is 20.2. The van der Waals surface area contributed by atoms with Gasteiger partial charge in [-0.3, -0.25) is 4.79 Å². The molecule has 1 amide bonds.